The molecule has 0 aliphatic heterocycles. The van der Waals surface area contributed by atoms with Gasteiger partial charge in [-0.15, -0.1) is 11.3 Å². The van der Waals surface area contributed by atoms with Gasteiger partial charge in [0, 0.05) is 29.3 Å². The third-order valence-electron chi connectivity index (χ3n) is 5.96. The molecule has 4 rings (SSSR count). The zero-order valence-corrected chi connectivity index (χ0v) is 21.7. The lowest BCUT2D eigenvalue weighted by Crippen LogP contribution is -2.23. The average Bonchev–Trinajstić information content (AvgIpc) is 3.35. The fraction of sp³-hybridized carbons (Fsp3) is 0.310. The molecule has 1 aliphatic carbocycles. The minimum Gasteiger partial charge on any atom is -0.385 e. The Morgan fingerprint density at radius 3 is 2.61 bits per heavy atom. The molecule has 3 aromatic rings. The van der Waals surface area contributed by atoms with Gasteiger partial charge in [0.05, 0.1) is 10.8 Å². The minimum atomic E-state index is -0.259. The molecule has 0 radical (unpaired) electrons. The van der Waals surface area contributed by atoms with Gasteiger partial charge in [0.15, 0.2) is 6.29 Å². The summed E-state index contributed by atoms with van der Waals surface area (Å²) >= 11 is 1.58. The second kappa shape index (κ2) is 14.3. The zero-order valence-electron chi connectivity index (χ0n) is 20.8. The molecule has 1 aliphatic rings. The Morgan fingerprint density at radius 2 is 1.94 bits per heavy atom. The van der Waals surface area contributed by atoms with Crippen LogP contribution in [0.5, 0.6) is 0 Å². The molecule has 7 heteroatoms. The van der Waals surface area contributed by atoms with Crippen molar-refractivity contribution < 1.29 is 9.59 Å². The molecule has 1 heterocycles. The predicted molar refractivity (Wildman–Crippen MR) is 152 cm³/mol. The molecule has 0 spiro atoms. The number of nitrogens with two attached hydrogens (primary N) is 2. The molecule has 2 aromatic carbocycles. The Morgan fingerprint density at radius 1 is 1.14 bits per heavy atom. The normalized spacial score (nSPS) is 12.6. The highest BCUT2D eigenvalue weighted by molar-refractivity contribution is 7.14. The highest BCUT2D eigenvalue weighted by atomic mass is 32.1. The van der Waals surface area contributed by atoms with Crippen molar-refractivity contribution in [3.8, 4) is 0 Å². The number of amides is 1. The number of aryl methyl sites for hydroxylation is 1. The van der Waals surface area contributed by atoms with E-state index >= 15 is 0 Å². The number of hydrogen-bond donors (Lipinski definition) is 4. The van der Waals surface area contributed by atoms with E-state index in [1.165, 1.54) is 10.4 Å². The van der Waals surface area contributed by atoms with Gasteiger partial charge in [-0.1, -0.05) is 43.3 Å². The second-order valence-electron chi connectivity index (χ2n) is 8.63. The number of aldehydes is 1. The Balaban J connectivity index is 0.000000270. The summed E-state index contributed by atoms with van der Waals surface area (Å²) in [5, 5.41) is 6.36. The van der Waals surface area contributed by atoms with E-state index in [2.05, 4.69) is 29.7 Å². The van der Waals surface area contributed by atoms with Crippen LogP contribution in [-0.4, -0.2) is 25.3 Å². The van der Waals surface area contributed by atoms with Gasteiger partial charge >= 0.3 is 0 Å². The maximum absolute atomic E-state index is 12.7. The summed E-state index contributed by atoms with van der Waals surface area (Å²) in [6.07, 6.45) is 9.05. The first-order valence-corrected chi connectivity index (χ1v) is 13.3. The molecule has 1 atom stereocenters. The average molecular weight is 505 g/mol. The van der Waals surface area contributed by atoms with Crippen molar-refractivity contribution in [2.24, 2.45) is 11.5 Å². The molecule has 1 aromatic heterocycles. The Bertz CT molecular complexity index is 1160. The van der Waals surface area contributed by atoms with Crippen molar-refractivity contribution in [3.05, 3.63) is 87.1 Å². The molecule has 6 nitrogen and oxygen atoms in total. The summed E-state index contributed by atoms with van der Waals surface area (Å²) in [6.45, 7) is 3.89. The molecule has 0 bridgehead atoms. The quantitative estimate of drug-likeness (QED) is 0.270. The summed E-state index contributed by atoms with van der Waals surface area (Å²) in [7, 11) is 0. The van der Waals surface area contributed by atoms with Gasteiger partial charge in [-0.2, -0.15) is 0 Å². The lowest BCUT2D eigenvalue weighted by Gasteiger charge is -2.18. The van der Waals surface area contributed by atoms with Gasteiger partial charge in [-0.25, -0.2) is 0 Å². The number of anilines is 2. The monoisotopic (exact) mass is 504 g/mol. The van der Waals surface area contributed by atoms with Crippen LogP contribution in [0.15, 0.2) is 60.7 Å². The molecule has 190 valence electrons. The maximum Gasteiger partial charge on any atom is 0.231 e. The summed E-state index contributed by atoms with van der Waals surface area (Å²) in [5.41, 5.74) is 16.6. The van der Waals surface area contributed by atoms with Gasteiger partial charge in [0.1, 0.15) is 0 Å². The van der Waals surface area contributed by atoms with E-state index < -0.39 is 0 Å². The standard InChI is InChI=1S/C20H28N4O.C9H8OS/c1-2-12-23-19-9-8-17(13-16(19)14-22)24-20(25)18(10-11-21)15-6-4-3-5-7-15;10-6-8-5-7-3-1-2-4-9(7)11-8/h3-9,13,18,23H,2,10-12,14,21-22H2,1H3,(H,24,25);2,4-6H,1,3H2. The van der Waals surface area contributed by atoms with Crippen LogP contribution in [0.25, 0.3) is 6.08 Å². The van der Waals surface area contributed by atoms with E-state index in [0.717, 1.165) is 59.5 Å². The highest BCUT2D eigenvalue weighted by Gasteiger charge is 2.20. The molecule has 1 unspecified atom stereocenters. The molecular weight excluding hydrogens is 468 g/mol. The number of thiophene rings is 1. The van der Waals surface area contributed by atoms with Crippen LogP contribution >= 0.6 is 11.3 Å². The maximum atomic E-state index is 12.7. The van der Waals surface area contributed by atoms with E-state index in [1.807, 2.05) is 54.6 Å². The summed E-state index contributed by atoms with van der Waals surface area (Å²) in [4.78, 5) is 25.3. The third kappa shape index (κ3) is 7.62. The molecule has 0 saturated heterocycles. The Labute approximate surface area is 217 Å². The highest BCUT2D eigenvalue weighted by Crippen LogP contribution is 2.27. The first-order chi connectivity index (χ1) is 17.6. The SMILES string of the molecule is CCCNc1ccc(NC(=O)C(CCN)c2ccccc2)cc1CN.O=Cc1cc2c(s1)C=CCC2. The topological polar surface area (TPSA) is 110 Å². The van der Waals surface area contributed by atoms with Crippen LogP contribution in [0, 0.1) is 0 Å². The van der Waals surface area contributed by atoms with Crippen molar-refractivity contribution in [2.45, 2.75) is 45.1 Å². The van der Waals surface area contributed by atoms with E-state index in [-0.39, 0.29) is 11.8 Å². The molecule has 36 heavy (non-hydrogen) atoms. The number of carbonyl (C=O) groups excluding carboxylic acids is 2. The molecular formula is C29H36N4O2S. The molecule has 0 fully saturated rings. The lowest BCUT2D eigenvalue weighted by molar-refractivity contribution is -0.117. The smallest absolute Gasteiger partial charge is 0.231 e. The summed E-state index contributed by atoms with van der Waals surface area (Å²) in [5.74, 6) is -0.306. The van der Waals surface area contributed by atoms with Crippen molar-refractivity contribution in [1.29, 1.82) is 0 Å². The number of carbonyl (C=O) groups is 2. The van der Waals surface area contributed by atoms with E-state index in [4.69, 9.17) is 11.5 Å². The number of fused-ring (bicyclic) bond motifs is 1. The Hall–Kier alpha value is -3.26. The number of nitrogens with one attached hydrogen (secondary N) is 2. The van der Waals surface area contributed by atoms with Crippen molar-refractivity contribution in [3.63, 3.8) is 0 Å². The minimum absolute atomic E-state index is 0.0473. The number of hydrogen-bond acceptors (Lipinski definition) is 6. The predicted octanol–water partition coefficient (Wildman–Crippen LogP) is 5.56. The lowest BCUT2D eigenvalue weighted by atomic mass is 9.94. The largest absolute Gasteiger partial charge is 0.385 e. The van der Waals surface area contributed by atoms with E-state index in [0.29, 0.717) is 19.5 Å². The van der Waals surface area contributed by atoms with Gasteiger partial charge in [-0.3, -0.25) is 9.59 Å². The van der Waals surface area contributed by atoms with Gasteiger partial charge in [0.2, 0.25) is 5.91 Å². The third-order valence-corrected chi connectivity index (χ3v) is 7.03. The van der Waals surface area contributed by atoms with Gasteiger partial charge in [-0.05, 0) is 79.3 Å². The number of rotatable bonds is 10. The van der Waals surface area contributed by atoms with Gasteiger partial charge < -0.3 is 22.1 Å². The van der Waals surface area contributed by atoms with Crippen LogP contribution in [-0.2, 0) is 17.8 Å². The van der Waals surface area contributed by atoms with Gasteiger partial charge in [0.25, 0.3) is 0 Å². The molecule has 6 N–H and O–H groups in total. The van der Waals surface area contributed by atoms with Crippen molar-refractivity contribution in [1.82, 2.24) is 0 Å². The van der Waals surface area contributed by atoms with Crippen LogP contribution in [0.1, 0.15) is 63.3 Å². The van der Waals surface area contributed by atoms with Crippen LogP contribution in [0.2, 0.25) is 0 Å². The first-order valence-electron chi connectivity index (χ1n) is 12.5. The fourth-order valence-corrected chi connectivity index (χ4v) is 5.05. The first kappa shape index (κ1) is 27.3. The zero-order chi connectivity index (χ0) is 25.8. The second-order valence-corrected chi connectivity index (χ2v) is 9.75. The molecule has 1 amide bonds. The van der Waals surface area contributed by atoms with E-state index in [9.17, 15) is 9.59 Å². The summed E-state index contributed by atoms with van der Waals surface area (Å²) < 4.78 is 0. The number of allylic oxidation sites excluding steroid dienone is 1. The van der Waals surface area contributed by atoms with Crippen LogP contribution < -0.4 is 22.1 Å². The number of benzene rings is 2. The van der Waals surface area contributed by atoms with Crippen LogP contribution in [0.3, 0.4) is 0 Å². The fourth-order valence-electron chi connectivity index (χ4n) is 4.09. The Kier molecular flexibility index (Phi) is 10.9. The van der Waals surface area contributed by atoms with E-state index in [1.54, 1.807) is 11.3 Å². The van der Waals surface area contributed by atoms with Crippen molar-refractivity contribution >= 4 is 41.0 Å². The summed E-state index contributed by atoms with van der Waals surface area (Å²) in [6, 6.07) is 17.5. The molecule has 0 saturated carbocycles. The van der Waals surface area contributed by atoms with Crippen LogP contribution in [0.4, 0.5) is 11.4 Å². The van der Waals surface area contributed by atoms with Crippen molar-refractivity contribution in [2.75, 3.05) is 23.7 Å².